The second kappa shape index (κ2) is 5.87. The molecule has 0 saturated heterocycles. The van der Waals surface area contributed by atoms with Crippen molar-refractivity contribution < 1.29 is 4.79 Å². The van der Waals surface area contributed by atoms with Gasteiger partial charge in [0.25, 0.3) is 0 Å². The first-order chi connectivity index (χ1) is 10.1. The van der Waals surface area contributed by atoms with Crippen LogP contribution in [0, 0.1) is 0 Å². The minimum absolute atomic E-state index is 0.0263. The molecule has 0 radical (unpaired) electrons. The van der Waals surface area contributed by atoms with Crippen molar-refractivity contribution in [2.45, 2.75) is 25.9 Å². The number of nitrogens with one attached hydrogen (secondary N) is 1. The van der Waals surface area contributed by atoms with Crippen LogP contribution >= 0.6 is 11.3 Å². The zero-order valence-electron chi connectivity index (χ0n) is 12.0. The van der Waals surface area contributed by atoms with Gasteiger partial charge in [-0.25, -0.2) is 0 Å². The number of hydrogen-bond acceptors (Lipinski definition) is 4. The van der Waals surface area contributed by atoms with Crippen molar-refractivity contribution in [2.75, 3.05) is 17.6 Å². The molecule has 3 N–H and O–H groups in total. The molecule has 0 spiro atoms. The molecular weight excluding hydrogens is 282 g/mol. The van der Waals surface area contributed by atoms with Gasteiger partial charge in [0, 0.05) is 29.3 Å². The van der Waals surface area contributed by atoms with E-state index in [1.807, 2.05) is 30.4 Å². The van der Waals surface area contributed by atoms with Gasteiger partial charge >= 0.3 is 0 Å². The van der Waals surface area contributed by atoms with Crippen molar-refractivity contribution in [3.8, 4) is 0 Å². The number of fused-ring (bicyclic) bond motifs is 1. The van der Waals surface area contributed by atoms with E-state index in [0.29, 0.717) is 5.69 Å². The van der Waals surface area contributed by atoms with Crippen molar-refractivity contribution in [1.82, 2.24) is 4.90 Å². The predicted molar refractivity (Wildman–Crippen MR) is 87.4 cm³/mol. The van der Waals surface area contributed by atoms with E-state index in [-0.39, 0.29) is 11.9 Å². The van der Waals surface area contributed by atoms with Crippen molar-refractivity contribution >= 4 is 28.6 Å². The van der Waals surface area contributed by atoms with Crippen molar-refractivity contribution in [3.63, 3.8) is 0 Å². The number of amides is 1. The van der Waals surface area contributed by atoms with Crippen LogP contribution in [-0.4, -0.2) is 23.4 Å². The Labute approximate surface area is 128 Å². The second-order valence-electron chi connectivity index (χ2n) is 5.38. The van der Waals surface area contributed by atoms with Crippen LogP contribution in [0.3, 0.4) is 0 Å². The van der Waals surface area contributed by atoms with Gasteiger partial charge in [-0.3, -0.25) is 9.69 Å². The number of hydrogen-bond donors (Lipinski definition) is 2. The average molecular weight is 301 g/mol. The topological polar surface area (TPSA) is 58.4 Å². The fourth-order valence-electron chi connectivity index (χ4n) is 2.58. The maximum Gasteiger partial charge on any atom is 0.241 e. The summed E-state index contributed by atoms with van der Waals surface area (Å²) in [7, 11) is 0. The summed E-state index contributed by atoms with van der Waals surface area (Å²) in [6.45, 7) is 3.75. The molecule has 110 valence electrons. The number of thiophene rings is 1. The molecule has 2 heterocycles. The third-order valence-electron chi connectivity index (χ3n) is 3.94. The van der Waals surface area contributed by atoms with Crippen LogP contribution < -0.4 is 11.1 Å². The molecule has 4 nitrogen and oxygen atoms in total. The summed E-state index contributed by atoms with van der Waals surface area (Å²) in [6.07, 6.45) is 1.03. The van der Waals surface area contributed by atoms with Gasteiger partial charge in [0.15, 0.2) is 0 Å². The van der Waals surface area contributed by atoms with Crippen LogP contribution in [0.15, 0.2) is 35.7 Å². The first kappa shape index (κ1) is 14.1. The van der Waals surface area contributed by atoms with E-state index in [1.165, 1.54) is 10.4 Å². The summed E-state index contributed by atoms with van der Waals surface area (Å²) in [4.78, 5) is 16.0. The molecule has 3 rings (SSSR count). The summed E-state index contributed by atoms with van der Waals surface area (Å²) in [6, 6.07) is 9.25. The number of nitrogens with two attached hydrogens (primary N) is 1. The number of anilines is 2. The summed E-state index contributed by atoms with van der Waals surface area (Å²) in [5.41, 5.74) is 8.49. The summed E-state index contributed by atoms with van der Waals surface area (Å²) in [5.74, 6) is 0.0263. The second-order valence-corrected chi connectivity index (χ2v) is 6.38. The van der Waals surface area contributed by atoms with Gasteiger partial charge in [-0.2, -0.15) is 0 Å². The van der Waals surface area contributed by atoms with Gasteiger partial charge in [-0.05, 0) is 54.6 Å². The van der Waals surface area contributed by atoms with E-state index < -0.39 is 0 Å². The SMILES string of the molecule is CC(C(=O)Nc1ccc(N)cc1)N1CCc2sccc2C1. The predicted octanol–water partition coefficient (Wildman–Crippen LogP) is 2.72. The zero-order valence-corrected chi connectivity index (χ0v) is 12.8. The minimum atomic E-state index is -0.143. The van der Waals surface area contributed by atoms with Crippen LogP contribution in [0.1, 0.15) is 17.4 Å². The largest absolute Gasteiger partial charge is 0.399 e. The third-order valence-corrected chi connectivity index (χ3v) is 4.97. The van der Waals surface area contributed by atoms with Crippen molar-refractivity contribution in [1.29, 1.82) is 0 Å². The Kier molecular flexibility index (Phi) is 3.94. The molecule has 1 aliphatic heterocycles. The Balaban J connectivity index is 1.64. The molecule has 1 atom stereocenters. The summed E-state index contributed by atoms with van der Waals surface area (Å²) < 4.78 is 0. The van der Waals surface area contributed by atoms with Crippen molar-refractivity contribution in [3.05, 3.63) is 46.2 Å². The number of nitrogen functional groups attached to an aromatic ring is 1. The molecule has 0 fully saturated rings. The third kappa shape index (κ3) is 3.09. The number of benzene rings is 1. The normalized spacial score (nSPS) is 16.2. The van der Waals surface area contributed by atoms with Gasteiger partial charge in [0.05, 0.1) is 6.04 Å². The monoisotopic (exact) mass is 301 g/mol. The fourth-order valence-corrected chi connectivity index (χ4v) is 3.47. The first-order valence-corrected chi connectivity index (χ1v) is 7.97. The number of carbonyl (C=O) groups excluding carboxylic acids is 1. The molecule has 21 heavy (non-hydrogen) atoms. The maximum atomic E-state index is 12.4. The molecular formula is C16H19N3OS. The lowest BCUT2D eigenvalue weighted by molar-refractivity contribution is -0.121. The molecule has 1 amide bonds. The molecule has 1 unspecified atom stereocenters. The highest BCUT2D eigenvalue weighted by atomic mass is 32.1. The minimum Gasteiger partial charge on any atom is -0.399 e. The van der Waals surface area contributed by atoms with E-state index in [1.54, 1.807) is 12.1 Å². The van der Waals surface area contributed by atoms with Gasteiger partial charge in [-0.15, -0.1) is 11.3 Å². The van der Waals surface area contributed by atoms with E-state index >= 15 is 0 Å². The van der Waals surface area contributed by atoms with Crippen LogP contribution in [-0.2, 0) is 17.8 Å². The lowest BCUT2D eigenvalue weighted by Crippen LogP contribution is -2.44. The van der Waals surface area contributed by atoms with Gasteiger partial charge in [0.1, 0.15) is 0 Å². The highest BCUT2D eigenvalue weighted by Crippen LogP contribution is 2.25. The maximum absolute atomic E-state index is 12.4. The fraction of sp³-hybridized carbons (Fsp3) is 0.312. The molecule has 1 aromatic heterocycles. The Morgan fingerprint density at radius 2 is 2.10 bits per heavy atom. The van der Waals surface area contributed by atoms with E-state index in [4.69, 9.17) is 5.73 Å². The molecule has 2 aromatic rings. The van der Waals surface area contributed by atoms with Crippen LogP contribution in [0.4, 0.5) is 11.4 Å². The highest BCUT2D eigenvalue weighted by Gasteiger charge is 2.25. The quantitative estimate of drug-likeness (QED) is 0.857. The Morgan fingerprint density at radius 3 is 2.86 bits per heavy atom. The van der Waals surface area contributed by atoms with Gasteiger partial charge < -0.3 is 11.1 Å². The standard InChI is InChI=1S/C16H19N3OS/c1-11(16(20)18-14-4-2-13(17)3-5-14)19-8-6-15-12(10-19)7-9-21-15/h2-5,7,9,11H,6,8,10,17H2,1H3,(H,18,20). The first-order valence-electron chi connectivity index (χ1n) is 7.09. The van der Waals surface area contributed by atoms with Gasteiger partial charge in [-0.1, -0.05) is 0 Å². The molecule has 1 aromatic carbocycles. The zero-order chi connectivity index (χ0) is 14.8. The Bertz CT molecular complexity index is 635. The molecule has 0 bridgehead atoms. The summed E-state index contributed by atoms with van der Waals surface area (Å²) in [5, 5.41) is 5.08. The molecule has 5 heteroatoms. The highest BCUT2D eigenvalue weighted by molar-refractivity contribution is 7.10. The van der Waals surface area contributed by atoms with Crippen LogP contribution in [0.25, 0.3) is 0 Å². The van der Waals surface area contributed by atoms with Crippen LogP contribution in [0.5, 0.6) is 0 Å². The lowest BCUT2D eigenvalue weighted by atomic mass is 10.1. The smallest absolute Gasteiger partial charge is 0.241 e. The molecule has 1 aliphatic rings. The Hall–Kier alpha value is -1.85. The van der Waals surface area contributed by atoms with Gasteiger partial charge in [0.2, 0.25) is 5.91 Å². The molecule has 0 saturated carbocycles. The number of carbonyl (C=O) groups is 1. The van der Waals surface area contributed by atoms with Crippen LogP contribution in [0.2, 0.25) is 0 Å². The average Bonchev–Trinajstić information content (AvgIpc) is 2.96. The molecule has 0 aliphatic carbocycles. The van der Waals surface area contributed by atoms with E-state index in [0.717, 1.165) is 25.2 Å². The number of rotatable bonds is 3. The van der Waals surface area contributed by atoms with Crippen molar-refractivity contribution in [2.24, 2.45) is 0 Å². The van der Waals surface area contributed by atoms with E-state index in [9.17, 15) is 4.79 Å². The number of nitrogens with zero attached hydrogens (tertiary/aromatic N) is 1. The Morgan fingerprint density at radius 1 is 1.33 bits per heavy atom. The lowest BCUT2D eigenvalue weighted by Gasteiger charge is -2.31. The van der Waals surface area contributed by atoms with E-state index in [2.05, 4.69) is 21.7 Å². The summed E-state index contributed by atoms with van der Waals surface area (Å²) >= 11 is 1.81.